The molecule has 2 atom stereocenters. The van der Waals surface area contributed by atoms with Crippen LogP contribution in [-0.2, 0) is 4.79 Å². The number of Topliss-reactive ketones (excluding diaryl/α,β-unsaturated/α-hetero) is 1. The van der Waals surface area contributed by atoms with Crippen molar-refractivity contribution in [3.05, 3.63) is 71.3 Å². The van der Waals surface area contributed by atoms with Gasteiger partial charge < -0.3 is 5.32 Å². The summed E-state index contributed by atoms with van der Waals surface area (Å²) in [6, 6.07) is 14.2. The maximum Gasteiger partial charge on any atom is 0.412 e. The van der Waals surface area contributed by atoms with E-state index in [0.29, 0.717) is 6.54 Å². The fourth-order valence-electron chi connectivity index (χ4n) is 3.64. The van der Waals surface area contributed by atoms with Gasteiger partial charge in [0, 0.05) is 30.2 Å². The maximum absolute atomic E-state index is 13.1. The van der Waals surface area contributed by atoms with E-state index in [1.807, 2.05) is 31.2 Å². The second-order valence-electron chi connectivity index (χ2n) is 7.31. The van der Waals surface area contributed by atoms with Crippen LogP contribution in [0.2, 0.25) is 0 Å². The predicted octanol–water partition coefficient (Wildman–Crippen LogP) is 5.90. The van der Waals surface area contributed by atoms with Crippen molar-refractivity contribution < 1.29 is 18.0 Å². The van der Waals surface area contributed by atoms with Crippen molar-refractivity contribution >= 4 is 16.6 Å². The molecule has 0 aromatic heterocycles. The molecule has 0 aliphatic heterocycles. The Morgan fingerprint density at radius 2 is 1.89 bits per heavy atom. The van der Waals surface area contributed by atoms with Crippen molar-refractivity contribution in [3.63, 3.8) is 0 Å². The number of nitrogens with one attached hydrogen (secondary N) is 1. The molecular formula is C23H24F3NO. The molecular weight excluding hydrogens is 363 g/mol. The van der Waals surface area contributed by atoms with Gasteiger partial charge in [-0.1, -0.05) is 55.5 Å². The number of ketones is 1. The van der Waals surface area contributed by atoms with E-state index in [4.69, 9.17) is 0 Å². The summed E-state index contributed by atoms with van der Waals surface area (Å²) in [6.45, 7) is 3.96. The Morgan fingerprint density at radius 1 is 1.18 bits per heavy atom. The van der Waals surface area contributed by atoms with Crippen LogP contribution in [0.3, 0.4) is 0 Å². The molecule has 1 unspecified atom stereocenters. The van der Waals surface area contributed by atoms with Gasteiger partial charge in [0.05, 0.1) is 0 Å². The Labute approximate surface area is 163 Å². The number of hydrogen-bond donors (Lipinski definition) is 1. The zero-order valence-electron chi connectivity index (χ0n) is 16.0. The summed E-state index contributed by atoms with van der Waals surface area (Å²) < 4.78 is 39.2. The van der Waals surface area contributed by atoms with E-state index in [-0.39, 0.29) is 30.2 Å². The molecule has 0 saturated heterocycles. The third kappa shape index (κ3) is 4.53. The monoisotopic (exact) mass is 387 g/mol. The summed E-state index contributed by atoms with van der Waals surface area (Å²) in [5.41, 5.74) is 0.691. The van der Waals surface area contributed by atoms with Gasteiger partial charge in [-0.15, -0.1) is 0 Å². The summed E-state index contributed by atoms with van der Waals surface area (Å²) in [5, 5.41) is 5.62. The lowest BCUT2D eigenvalue weighted by Crippen LogP contribution is -2.24. The highest BCUT2D eigenvalue weighted by Gasteiger charge is 2.38. The zero-order chi connectivity index (χ0) is 20.3. The van der Waals surface area contributed by atoms with Crippen LogP contribution >= 0.6 is 0 Å². The van der Waals surface area contributed by atoms with Crippen LogP contribution in [0.1, 0.15) is 38.3 Å². The smallest absolute Gasteiger partial charge is 0.310 e. The highest BCUT2D eigenvalue weighted by Crippen LogP contribution is 2.37. The van der Waals surface area contributed by atoms with Crippen molar-refractivity contribution in [2.45, 2.75) is 38.9 Å². The summed E-state index contributed by atoms with van der Waals surface area (Å²) in [6.07, 6.45) is -1.34. The van der Waals surface area contributed by atoms with E-state index in [9.17, 15) is 18.0 Å². The third-order valence-electron chi connectivity index (χ3n) is 5.27. The van der Waals surface area contributed by atoms with Gasteiger partial charge >= 0.3 is 6.18 Å². The average Bonchev–Trinajstić information content (AvgIpc) is 2.66. The molecule has 1 aliphatic rings. The topological polar surface area (TPSA) is 29.1 Å². The fraction of sp³-hybridized carbons (Fsp3) is 0.348. The Bertz CT molecular complexity index is 922. The Balaban J connectivity index is 1.62. The summed E-state index contributed by atoms with van der Waals surface area (Å²) in [7, 11) is 0. The van der Waals surface area contributed by atoms with Crippen LogP contribution in [0.4, 0.5) is 13.2 Å². The molecule has 2 aromatic rings. The second-order valence-corrected chi connectivity index (χ2v) is 7.31. The minimum atomic E-state index is -4.39. The number of rotatable bonds is 6. The van der Waals surface area contributed by atoms with Gasteiger partial charge in [-0.25, -0.2) is 0 Å². The van der Waals surface area contributed by atoms with Gasteiger partial charge in [-0.05, 0) is 41.7 Å². The minimum Gasteiger partial charge on any atom is -0.310 e. The first kappa shape index (κ1) is 20.3. The number of carbonyl (C=O) groups is 1. The quantitative estimate of drug-likeness (QED) is 0.668. The lowest BCUT2D eigenvalue weighted by molar-refractivity contribution is -0.115. The molecule has 1 N–H and O–H groups in total. The van der Waals surface area contributed by atoms with Crippen LogP contribution in [0, 0.1) is 5.92 Å². The van der Waals surface area contributed by atoms with E-state index in [1.165, 1.54) is 6.92 Å². The molecule has 2 aromatic carbocycles. The largest absolute Gasteiger partial charge is 0.412 e. The van der Waals surface area contributed by atoms with E-state index in [2.05, 4.69) is 23.5 Å². The van der Waals surface area contributed by atoms with E-state index < -0.39 is 17.7 Å². The molecule has 148 valence electrons. The van der Waals surface area contributed by atoms with Crippen LogP contribution in [0.15, 0.2) is 65.8 Å². The van der Waals surface area contributed by atoms with Crippen LogP contribution in [0.5, 0.6) is 0 Å². The zero-order valence-corrected chi connectivity index (χ0v) is 16.0. The minimum absolute atomic E-state index is 0.0283. The first-order valence-corrected chi connectivity index (χ1v) is 9.50. The number of hydrogen-bond acceptors (Lipinski definition) is 2. The van der Waals surface area contributed by atoms with Crippen molar-refractivity contribution in [1.82, 2.24) is 5.32 Å². The normalized spacial score (nSPS) is 18.5. The molecule has 1 aliphatic carbocycles. The van der Waals surface area contributed by atoms with E-state index in [0.717, 1.165) is 22.4 Å². The van der Waals surface area contributed by atoms with E-state index in [1.54, 1.807) is 6.08 Å². The summed E-state index contributed by atoms with van der Waals surface area (Å²) in [4.78, 5) is 12.4. The van der Waals surface area contributed by atoms with Crippen molar-refractivity contribution in [3.8, 4) is 0 Å². The van der Waals surface area contributed by atoms with Gasteiger partial charge in [-0.2, -0.15) is 13.2 Å². The molecule has 0 radical (unpaired) electrons. The van der Waals surface area contributed by atoms with Gasteiger partial charge in [0.1, 0.15) is 0 Å². The SMILES string of the molecule is CC1CC=C(C(=O)CCN[C@H](C)c2cccc3ccccc23)C=C1C(F)(F)F. The molecule has 0 amide bonds. The van der Waals surface area contributed by atoms with Gasteiger partial charge in [-0.3, -0.25) is 4.79 Å². The molecule has 0 spiro atoms. The first-order valence-electron chi connectivity index (χ1n) is 9.50. The molecule has 0 saturated carbocycles. The molecule has 28 heavy (non-hydrogen) atoms. The lowest BCUT2D eigenvalue weighted by atomic mass is 9.87. The molecule has 5 heteroatoms. The van der Waals surface area contributed by atoms with Crippen LogP contribution in [-0.4, -0.2) is 18.5 Å². The third-order valence-corrected chi connectivity index (χ3v) is 5.27. The predicted molar refractivity (Wildman–Crippen MR) is 106 cm³/mol. The first-order chi connectivity index (χ1) is 13.3. The number of alkyl halides is 3. The van der Waals surface area contributed by atoms with Crippen LogP contribution in [0.25, 0.3) is 10.8 Å². The number of benzene rings is 2. The standard InChI is InChI=1S/C23H24F3NO/c1-15-10-11-18(14-21(15)23(24,25)26)22(28)12-13-27-16(2)19-9-5-7-17-6-3-4-8-20(17)19/h3-9,11,14-16,27H,10,12-13H2,1-2H3/t15?,16-/m1/s1. The molecule has 0 heterocycles. The number of carbonyl (C=O) groups excluding carboxylic acids is 1. The summed E-state index contributed by atoms with van der Waals surface area (Å²) in [5.74, 6) is -0.868. The molecule has 2 nitrogen and oxygen atoms in total. The molecule has 0 fully saturated rings. The van der Waals surface area contributed by atoms with Gasteiger partial charge in [0.25, 0.3) is 0 Å². The number of fused-ring (bicyclic) bond motifs is 1. The van der Waals surface area contributed by atoms with Crippen LogP contribution < -0.4 is 5.32 Å². The summed E-state index contributed by atoms with van der Waals surface area (Å²) >= 11 is 0. The van der Waals surface area contributed by atoms with Crippen molar-refractivity contribution in [2.75, 3.05) is 6.54 Å². The van der Waals surface area contributed by atoms with Gasteiger partial charge in [0.15, 0.2) is 5.78 Å². The second kappa shape index (κ2) is 8.31. The van der Waals surface area contributed by atoms with Crippen molar-refractivity contribution in [2.24, 2.45) is 5.92 Å². The Kier molecular flexibility index (Phi) is 6.04. The lowest BCUT2D eigenvalue weighted by Gasteiger charge is -2.22. The number of halogens is 3. The fourth-order valence-corrected chi connectivity index (χ4v) is 3.64. The number of allylic oxidation sites excluding steroid dienone is 4. The average molecular weight is 387 g/mol. The van der Waals surface area contributed by atoms with E-state index >= 15 is 0 Å². The van der Waals surface area contributed by atoms with Gasteiger partial charge in [0.2, 0.25) is 0 Å². The maximum atomic E-state index is 13.1. The Morgan fingerprint density at radius 3 is 2.64 bits per heavy atom. The van der Waals surface area contributed by atoms with Crippen molar-refractivity contribution in [1.29, 1.82) is 0 Å². The highest BCUT2D eigenvalue weighted by molar-refractivity contribution is 5.98. The molecule has 3 rings (SSSR count). The Hall–Kier alpha value is -2.40. The highest BCUT2D eigenvalue weighted by atomic mass is 19.4. The molecule has 0 bridgehead atoms.